The van der Waals surface area contributed by atoms with E-state index in [0.29, 0.717) is 0 Å². The normalized spacial score (nSPS) is 17.8. The highest BCUT2D eigenvalue weighted by molar-refractivity contribution is 5.92. The lowest BCUT2D eigenvalue weighted by atomic mass is 9.74. The number of benzene rings is 1. The molecule has 0 aliphatic heterocycles. The van der Waals surface area contributed by atoms with Gasteiger partial charge in [-0.05, 0) is 42.5 Å². The summed E-state index contributed by atoms with van der Waals surface area (Å²) in [6.07, 6.45) is 3.45. The van der Waals surface area contributed by atoms with E-state index in [1.165, 1.54) is 6.07 Å². The maximum absolute atomic E-state index is 12.6. The number of H-pyrrole nitrogens is 2. The van der Waals surface area contributed by atoms with Crippen molar-refractivity contribution in [2.24, 2.45) is 5.41 Å². The van der Waals surface area contributed by atoms with E-state index in [9.17, 15) is 9.59 Å². The number of fused-ring (bicyclic) bond motifs is 1. The molecule has 28 heavy (non-hydrogen) atoms. The molecule has 0 saturated carbocycles. The molecule has 0 saturated heterocycles. The van der Waals surface area contributed by atoms with Crippen molar-refractivity contribution < 1.29 is 9.53 Å². The molecule has 1 amide bonds. The van der Waals surface area contributed by atoms with Crippen molar-refractivity contribution in [3.8, 4) is 11.4 Å². The predicted molar refractivity (Wildman–Crippen MR) is 104 cm³/mol. The standard InChI is InChI=1S/C20H23N5O3/c1-20(2)9-16(22-19(27)15-8-18(26)24-23-15)14-11-21-25(17(14)10-20)12-4-6-13(28-3)7-5-12/h4-8,11,16H,9-10H2,1-3H3,(H,22,27)(H2,23,24,26). The second-order valence-corrected chi connectivity index (χ2v) is 7.90. The Bertz CT molecular complexity index is 1060. The zero-order valence-corrected chi connectivity index (χ0v) is 16.1. The summed E-state index contributed by atoms with van der Waals surface area (Å²) in [6, 6.07) is 8.80. The molecule has 1 aliphatic carbocycles. The third kappa shape index (κ3) is 3.33. The van der Waals surface area contributed by atoms with Crippen LogP contribution in [-0.4, -0.2) is 33.0 Å². The van der Waals surface area contributed by atoms with Crippen LogP contribution in [0.1, 0.15) is 48.1 Å². The Morgan fingerprint density at radius 1 is 1.29 bits per heavy atom. The maximum Gasteiger partial charge on any atom is 0.269 e. The molecule has 0 spiro atoms. The van der Waals surface area contributed by atoms with Crippen molar-refractivity contribution in [3.63, 3.8) is 0 Å². The minimum absolute atomic E-state index is 0.0131. The number of amides is 1. The van der Waals surface area contributed by atoms with Crippen LogP contribution in [-0.2, 0) is 6.42 Å². The first-order valence-corrected chi connectivity index (χ1v) is 9.16. The number of aromatic nitrogens is 4. The molecule has 2 aromatic heterocycles. The van der Waals surface area contributed by atoms with Gasteiger partial charge in [0.2, 0.25) is 0 Å². The van der Waals surface area contributed by atoms with E-state index in [2.05, 4.69) is 34.5 Å². The Morgan fingerprint density at radius 3 is 2.68 bits per heavy atom. The van der Waals surface area contributed by atoms with Crippen LogP contribution in [0.5, 0.6) is 5.75 Å². The molecule has 0 fully saturated rings. The minimum Gasteiger partial charge on any atom is -0.497 e. The lowest BCUT2D eigenvalue weighted by Gasteiger charge is -2.35. The fourth-order valence-electron chi connectivity index (χ4n) is 3.81. The molecule has 4 rings (SSSR count). The Balaban J connectivity index is 1.67. The zero-order chi connectivity index (χ0) is 19.9. The van der Waals surface area contributed by atoms with Gasteiger partial charge >= 0.3 is 0 Å². The van der Waals surface area contributed by atoms with Crippen LogP contribution in [0.2, 0.25) is 0 Å². The van der Waals surface area contributed by atoms with Crippen molar-refractivity contribution in [3.05, 3.63) is 63.8 Å². The molecule has 8 heteroatoms. The first kappa shape index (κ1) is 18.1. The van der Waals surface area contributed by atoms with E-state index in [-0.39, 0.29) is 28.6 Å². The van der Waals surface area contributed by atoms with Crippen LogP contribution >= 0.6 is 0 Å². The summed E-state index contributed by atoms with van der Waals surface area (Å²) in [5.74, 6) is 0.472. The topological polar surface area (TPSA) is 105 Å². The molecular weight excluding hydrogens is 358 g/mol. The number of aromatic amines is 2. The summed E-state index contributed by atoms with van der Waals surface area (Å²) in [4.78, 5) is 23.9. The van der Waals surface area contributed by atoms with Gasteiger partial charge in [-0.15, -0.1) is 0 Å². The second-order valence-electron chi connectivity index (χ2n) is 7.90. The highest BCUT2D eigenvalue weighted by Crippen LogP contribution is 2.41. The molecule has 3 aromatic rings. The van der Waals surface area contributed by atoms with E-state index < -0.39 is 0 Å². The van der Waals surface area contributed by atoms with Gasteiger partial charge in [-0.25, -0.2) is 4.68 Å². The summed E-state index contributed by atoms with van der Waals surface area (Å²) in [5, 5.41) is 12.6. The smallest absolute Gasteiger partial charge is 0.269 e. The third-order valence-electron chi connectivity index (χ3n) is 5.14. The van der Waals surface area contributed by atoms with Gasteiger partial charge in [-0.3, -0.25) is 19.8 Å². The van der Waals surface area contributed by atoms with Gasteiger partial charge in [-0.2, -0.15) is 5.10 Å². The van der Waals surface area contributed by atoms with Crippen molar-refractivity contribution in [2.75, 3.05) is 7.11 Å². The van der Waals surface area contributed by atoms with Gasteiger partial charge < -0.3 is 10.1 Å². The molecular formula is C20H23N5O3. The molecule has 1 unspecified atom stereocenters. The number of nitrogens with one attached hydrogen (secondary N) is 3. The van der Waals surface area contributed by atoms with Crippen molar-refractivity contribution in [2.45, 2.75) is 32.7 Å². The Morgan fingerprint density at radius 2 is 2.04 bits per heavy atom. The molecule has 1 atom stereocenters. The number of carbonyl (C=O) groups excluding carboxylic acids is 1. The van der Waals surface area contributed by atoms with Gasteiger partial charge in [0.25, 0.3) is 11.5 Å². The average Bonchev–Trinajstić information content (AvgIpc) is 3.27. The summed E-state index contributed by atoms with van der Waals surface area (Å²) in [7, 11) is 1.64. The highest BCUT2D eigenvalue weighted by atomic mass is 16.5. The van der Waals surface area contributed by atoms with E-state index >= 15 is 0 Å². The Labute approximate surface area is 161 Å². The first-order chi connectivity index (χ1) is 13.4. The van der Waals surface area contributed by atoms with Crippen molar-refractivity contribution >= 4 is 5.91 Å². The Kier molecular flexibility index (Phi) is 4.33. The summed E-state index contributed by atoms with van der Waals surface area (Å²) in [5.41, 5.74) is 2.90. The monoisotopic (exact) mass is 381 g/mol. The van der Waals surface area contributed by atoms with Gasteiger partial charge in [-0.1, -0.05) is 13.8 Å². The molecule has 146 valence electrons. The SMILES string of the molecule is COc1ccc(-n2ncc3c2CC(C)(C)CC3NC(=O)c2cc(=O)[nH][nH]2)cc1. The molecule has 0 bridgehead atoms. The number of hydrogen-bond donors (Lipinski definition) is 3. The number of nitrogens with zero attached hydrogens (tertiary/aromatic N) is 2. The molecule has 1 aromatic carbocycles. The third-order valence-corrected chi connectivity index (χ3v) is 5.14. The predicted octanol–water partition coefficient (Wildman–Crippen LogP) is 2.34. The van der Waals surface area contributed by atoms with Crippen molar-refractivity contribution in [1.82, 2.24) is 25.3 Å². The maximum atomic E-state index is 12.6. The summed E-state index contributed by atoms with van der Waals surface area (Å²) < 4.78 is 7.16. The average molecular weight is 381 g/mol. The quantitative estimate of drug-likeness (QED) is 0.645. The summed E-state index contributed by atoms with van der Waals surface area (Å²) in [6.45, 7) is 4.36. The fraction of sp³-hybridized carbons (Fsp3) is 0.350. The number of rotatable bonds is 4. The van der Waals surface area contributed by atoms with Crippen LogP contribution in [0.3, 0.4) is 0 Å². The van der Waals surface area contributed by atoms with Crippen LogP contribution in [0, 0.1) is 5.41 Å². The molecule has 8 nitrogen and oxygen atoms in total. The van der Waals surface area contributed by atoms with Gasteiger partial charge in [0.15, 0.2) is 0 Å². The van der Waals surface area contributed by atoms with Crippen LogP contribution in [0.25, 0.3) is 5.69 Å². The first-order valence-electron chi connectivity index (χ1n) is 9.16. The number of hydrogen-bond acceptors (Lipinski definition) is 4. The second kappa shape index (κ2) is 6.70. The lowest BCUT2D eigenvalue weighted by Crippen LogP contribution is -2.37. The minimum atomic E-state index is -0.331. The highest BCUT2D eigenvalue weighted by Gasteiger charge is 2.36. The molecule has 1 aliphatic rings. The van der Waals surface area contributed by atoms with E-state index in [1.807, 2.05) is 35.1 Å². The molecule has 0 radical (unpaired) electrons. The van der Waals surface area contributed by atoms with Crippen molar-refractivity contribution in [1.29, 1.82) is 0 Å². The van der Waals surface area contributed by atoms with Gasteiger partial charge in [0.05, 0.1) is 30.7 Å². The van der Waals surface area contributed by atoms with Crippen LogP contribution in [0.4, 0.5) is 0 Å². The number of carbonyl (C=O) groups is 1. The fourth-order valence-corrected chi connectivity index (χ4v) is 3.81. The van der Waals surface area contributed by atoms with E-state index in [4.69, 9.17) is 4.74 Å². The van der Waals surface area contributed by atoms with Gasteiger partial charge in [0, 0.05) is 11.6 Å². The largest absolute Gasteiger partial charge is 0.497 e. The molecule has 2 heterocycles. The zero-order valence-electron chi connectivity index (χ0n) is 16.1. The summed E-state index contributed by atoms with van der Waals surface area (Å²) >= 11 is 0. The van der Waals surface area contributed by atoms with E-state index in [0.717, 1.165) is 35.5 Å². The lowest BCUT2D eigenvalue weighted by molar-refractivity contribution is 0.0914. The van der Waals surface area contributed by atoms with Crippen LogP contribution in [0.15, 0.2) is 41.3 Å². The van der Waals surface area contributed by atoms with E-state index in [1.54, 1.807) is 7.11 Å². The number of methoxy groups -OCH3 is 1. The van der Waals surface area contributed by atoms with Gasteiger partial charge in [0.1, 0.15) is 11.4 Å². The molecule has 3 N–H and O–H groups in total. The van der Waals surface area contributed by atoms with Crippen LogP contribution < -0.4 is 15.6 Å². The number of ether oxygens (including phenoxy) is 1. The Hall–Kier alpha value is -3.29.